The summed E-state index contributed by atoms with van der Waals surface area (Å²) >= 11 is 6.01. The normalized spacial score (nSPS) is 17.4. The number of likely N-dealkylation sites (tertiary alicyclic amines) is 1. The Bertz CT molecular complexity index is 592. The summed E-state index contributed by atoms with van der Waals surface area (Å²) in [5.41, 5.74) is 0. The van der Waals surface area contributed by atoms with E-state index in [1.54, 1.807) is 7.11 Å². The zero-order valence-electron chi connectivity index (χ0n) is 17.4. The molecule has 1 aromatic rings. The molecule has 0 aromatic heterocycles. The molecule has 158 valence electrons. The Morgan fingerprint density at radius 3 is 2.82 bits per heavy atom. The first kappa shape index (κ1) is 22.8. The molecule has 6 nitrogen and oxygen atoms in total. The van der Waals surface area contributed by atoms with Crippen LogP contribution in [0.25, 0.3) is 0 Å². The topological polar surface area (TPSA) is 58.1 Å². The largest absolute Gasteiger partial charge is 0.489 e. The van der Waals surface area contributed by atoms with E-state index >= 15 is 0 Å². The Balaban J connectivity index is 1.77. The molecule has 1 aromatic carbocycles. The molecule has 0 radical (unpaired) electrons. The first-order valence-corrected chi connectivity index (χ1v) is 10.7. The molecule has 2 N–H and O–H groups in total. The van der Waals surface area contributed by atoms with Crippen LogP contribution in [0.2, 0.25) is 5.02 Å². The van der Waals surface area contributed by atoms with Gasteiger partial charge in [-0.25, -0.2) is 4.99 Å². The van der Waals surface area contributed by atoms with Crippen LogP contribution in [0.4, 0.5) is 0 Å². The van der Waals surface area contributed by atoms with E-state index in [-0.39, 0.29) is 6.10 Å². The summed E-state index contributed by atoms with van der Waals surface area (Å²) in [7, 11) is 1.76. The van der Waals surface area contributed by atoms with Crippen LogP contribution in [-0.4, -0.2) is 69.4 Å². The van der Waals surface area contributed by atoms with Crippen molar-refractivity contribution in [2.24, 2.45) is 4.99 Å². The van der Waals surface area contributed by atoms with Crippen molar-refractivity contribution in [2.45, 2.75) is 45.3 Å². The molecule has 1 heterocycles. The molecule has 1 aliphatic heterocycles. The molecular formula is C21H35ClN4O2. The van der Waals surface area contributed by atoms with Gasteiger partial charge in [-0.15, -0.1) is 0 Å². The van der Waals surface area contributed by atoms with Gasteiger partial charge in [-0.3, -0.25) is 0 Å². The summed E-state index contributed by atoms with van der Waals surface area (Å²) < 4.78 is 11.1. The van der Waals surface area contributed by atoms with E-state index in [0.29, 0.717) is 17.6 Å². The number of nitrogens with one attached hydrogen (secondary N) is 2. The third-order valence-electron chi connectivity index (χ3n) is 4.74. The second-order valence-corrected chi connectivity index (χ2v) is 7.65. The number of methoxy groups -OCH3 is 1. The molecule has 0 saturated carbocycles. The van der Waals surface area contributed by atoms with Crippen LogP contribution >= 0.6 is 11.6 Å². The van der Waals surface area contributed by atoms with Gasteiger partial charge in [0.1, 0.15) is 11.9 Å². The predicted molar refractivity (Wildman–Crippen MR) is 117 cm³/mol. The summed E-state index contributed by atoms with van der Waals surface area (Å²) in [5, 5.41) is 7.60. The summed E-state index contributed by atoms with van der Waals surface area (Å²) in [5.74, 6) is 1.64. The van der Waals surface area contributed by atoms with Gasteiger partial charge < -0.3 is 25.0 Å². The Kier molecular flexibility index (Phi) is 10.5. The molecule has 0 bridgehead atoms. The van der Waals surface area contributed by atoms with Gasteiger partial charge in [-0.1, -0.05) is 17.7 Å². The van der Waals surface area contributed by atoms with Crippen LogP contribution in [0, 0.1) is 0 Å². The molecule has 1 atom stereocenters. The number of ether oxygens (including phenoxy) is 2. The van der Waals surface area contributed by atoms with Crippen molar-refractivity contribution >= 4 is 17.6 Å². The number of halogens is 1. The fourth-order valence-corrected chi connectivity index (χ4v) is 3.46. The molecule has 0 amide bonds. The van der Waals surface area contributed by atoms with Gasteiger partial charge in [-0.05, 0) is 51.3 Å². The summed E-state index contributed by atoms with van der Waals surface area (Å²) in [6, 6.07) is 7.93. The average molecular weight is 411 g/mol. The highest BCUT2D eigenvalue weighted by Crippen LogP contribution is 2.18. The van der Waals surface area contributed by atoms with Gasteiger partial charge >= 0.3 is 0 Å². The predicted octanol–water partition coefficient (Wildman–Crippen LogP) is 3.16. The van der Waals surface area contributed by atoms with E-state index < -0.39 is 0 Å². The van der Waals surface area contributed by atoms with E-state index in [0.717, 1.165) is 63.8 Å². The Morgan fingerprint density at radius 2 is 2.14 bits per heavy atom. The number of piperidine rings is 1. The highest BCUT2D eigenvalue weighted by molar-refractivity contribution is 6.30. The molecule has 28 heavy (non-hydrogen) atoms. The quantitative estimate of drug-likeness (QED) is 0.352. The van der Waals surface area contributed by atoms with Crippen molar-refractivity contribution in [3.8, 4) is 5.75 Å². The summed E-state index contributed by atoms with van der Waals surface area (Å²) in [4.78, 5) is 7.23. The molecule has 0 spiro atoms. The number of hydrogen-bond acceptors (Lipinski definition) is 4. The smallest absolute Gasteiger partial charge is 0.191 e. The molecule has 1 fully saturated rings. The minimum absolute atomic E-state index is 0.0310. The SMILES string of the molecule is CCNC(=NCC(C)Oc1cccc(Cl)c1)NC1CCN(CCCOC)CC1. The first-order valence-electron chi connectivity index (χ1n) is 10.3. The van der Waals surface area contributed by atoms with E-state index in [4.69, 9.17) is 26.1 Å². The second kappa shape index (κ2) is 12.9. The van der Waals surface area contributed by atoms with Crippen LogP contribution in [0.1, 0.15) is 33.1 Å². The number of hydrogen-bond donors (Lipinski definition) is 2. The van der Waals surface area contributed by atoms with E-state index in [1.165, 1.54) is 0 Å². The maximum Gasteiger partial charge on any atom is 0.191 e. The molecule has 0 aliphatic carbocycles. The van der Waals surface area contributed by atoms with Gasteiger partial charge in [0.15, 0.2) is 5.96 Å². The minimum atomic E-state index is -0.0310. The standard InChI is InChI=1S/C21H35ClN4O2/c1-4-23-21(24-16-17(2)28-20-8-5-7-18(22)15-20)25-19-9-12-26(13-10-19)11-6-14-27-3/h5,7-8,15,17,19H,4,6,9-14,16H2,1-3H3,(H2,23,24,25). The van der Waals surface area contributed by atoms with E-state index in [2.05, 4.69) is 22.5 Å². The second-order valence-electron chi connectivity index (χ2n) is 7.21. The van der Waals surface area contributed by atoms with Crippen molar-refractivity contribution < 1.29 is 9.47 Å². The van der Waals surface area contributed by atoms with Gasteiger partial charge in [0.25, 0.3) is 0 Å². The number of nitrogens with zero attached hydrogens (tertiary/aromatic N) is 2. The number of rotatable bonds is 10. The van der Waals surface area contributed by atoms with Crippen LogP contribution in [0.5, 0.6) is 5.75 Å². The Hall–Kier alpha value is -1.50. The first-order chi connectivity index (χ1) is 13.6. The maximum atomic E-state index is 6.01. The van der Waals surface area contributed by atoms with Crippen LogP contribution in [-0.2, 0) is 4.74 Å². The Morgan fingerprint density at radius 1 is 1.36 bits per heavy atom. The lowest BCUT2D eigenvalue weighted by molar-refractivity contribution is 0.155. The highest BCUT2D eigenvalue weighted by Gasteiger charge is 2.19. The third kappa shape index (κ3) is 8.67. The molecule has 7 heteroatoms. The molecule has 1 aliphatic rings. The van der Waals surface area contributed by atoms with Crippen molar-refractivity contribution in [2.75, 3.05) is 46.4 Å². The number of aliphatic imine (C=N–C) groups is 1. The van der Waals surface area contributed by atoms with Crippen LogP contribution in [0.15, 0.2) is 29.3 Å². The zero-order chi connectivity index (χ0) is 20.2. The van der Waals surface area contributed by atoms with Crippen molar-refractivity contribution in [3.63, 3.8) is 0 Å². The fourth-order valence-electron chi connectivity index (χ4n) is 3.28. The van der Waals surface area contributed by atoms with Crippen LogP contribution in [0.3, 0.4) is 0 Å². The van der Waals surface area contributed by atoms with Gasteiger partial charge in [-0.2, -0.15) is 0 Å². The minimum Gasteiger partial charge on any atom is -0.489 e. The molecule has 1 unspecified atom stereocenters. The average Bonchev–Trinajstić information content (AvgIpc) is 2.68. The molecule has 2 rings (SSSR count). The Labute approximate surface area is 174 Å². The third-order valence-corrected chi connectivity index (χ3v) is 4.97. The fraction of sp³-hybridized carbons (Fsp3) is 0.667. The van der Waals surface area contributed by atoms with E-state index in [1.807, 2.05) is 31.2 Å². The van der Waals surface area contributed by atoms with Gasteiger partial charge in [0, 0.05) is 51.0 Å². The number of benzene rings is 1. The molecular weight excluding hydrogens is 376 g/mol. The summed E-state index contributed by atoms with van der Waals surface area (Å²) in [6.45, 7) is 9.72. The monoisotopic (exact) mass is 410 g/mol. The molecule has 1 saturated heterocycles. The van der Waals surface area contributed by atoms with Crippen LogP contribution < -0.4 is 15.4 Å². The van der Waals surface area contributed by atoms with Gasteiger partial charge in [0.05, 0.1) is 6.54 Å². The summed E-state index contributed by atoms with van der Waals surface area (Å²) in [6.07, 6.45) is 3.33. The van der Waals surface area contributed by atoms with Crippen molar-refractivity contribution in [1.29, 1.82) is 0 Å². The lowest BCUT2D eigenvalue weighted by Gasteiger charge is -2.33. The lowest BCUT2D eigenvalue weighted by Crippen LogP contribution is -2.49. The van der Waals surface area contributed by atoms with Crippen molar-refractivity contribution in [3.05, 3.63) is 29.3 Å². The maximum absolute atomic E-state index is 6.01. The number of guanidine groups is 1. The lowest BCUT2D eigenvalue weighted by atomic mass is 10.1. The zero-order valence-corrected chi connectivity index (χ0v) is 18.2. The van der Waals surface area contributed by atoms with Gasteiger partial charge in [0.2, 0.25) is 0 Å². The van der Waals surface area contributed by atoms with Crippen molar-refractivity contribution in [1.82, 2.24) is 15.5 Å². The highest BCUT2D eigenvalue weighted by atomic mass is 35.5. The van der Waals surface area contributed by atoms with E-state index in [9.17, 15) is 0 Å².